The molecule has 7 nitrogen and oxygen atoms in total. The number of ether oxygens (including phenoxy) is 1. The fourth-order valence-electron chi connectivity index (χ4n) is 4.23. The van der Waals surface area contributed by atoms with Gasteiger partial charge in [-0.25, -0.2) is 4.79 Å². The molecule has 0 spiro atoms. The summed E-state index contributed by atoms with van der Waals surface area (Å²) in [6.07, 6.45) is 0. The summed E-state index contributed by atoms with van der Waals surface area (Å²) in [5.41, 5.74) is 4.75. The highest BCUT2D eigenvalue weighted by Gasteiger charge is 2.20. The van der Waals surface area contributed by atoms with Gasteiger partial charge in [-0.1, -0.05) is 42.5 Å². The largest absolute Gasteiger partial charge is 0.483 e. The van der Waals surface area contributed by atoms with Crippen LogP contribution in [0, 0.1) is 20.8 Å². The van der Waals surface area contributed by atoms with E-state index in [1.54, 1.807) is 17.0 Å². The molecule has 0 saturated heterocycles. The van der Waals surface area contributed by atoms with Gasteiger partial charge in [-0.05, 0) is 67.3 Å². The standard InChI is InChI=1S/C29H28N2O5/c1-18-9-10-23(29(34)35)26(13-18)36-17-27(32)31(15-21-7-5-4-6-8-21)16-22-14-24-20(3)11-19(2)12-25(24)30-28(22)33/h4-14H,15-17H2,1-3H3,(H,30,33)(H,34,35). The first kappa shape index (κ1) is 24.7. The lowest BCUT2D eigenvalue weighted by Crippen LogP contribution is -2.36. The number of carbonyl (C=O) groups excluding carboxylic acids is 1. The highest BCUT2D eigenvalue weighted by Crippen LogP contribution is 2.22. The maximum atomic E-state index is 13.3. The fraction of sp³-hybridized carbons (Fsp3) is 0.207. The van der Waals surface area contributed by atoms with Gasteiger partial charge >= 0.3 is 5.97 Å². The molecule has 0 fully saturated rings. The van der Waals surface area contributed by atoms with Gasteiger partial charge in [0, 0.05) is 23.0 Å². The van der Waals surface area contributed by atoms with E-state index >= 15 is 0 Å². The molecule has 0 bridgehead atoms. The van der Waals surface area contributed by atoms with Crippen molar-refractivity contribution in [2.75, 3.05) is 6.61 Å². The van der Waals surface area contributed by atoms with E-state index in [0.29, 0.717) is 5.56 Å². The molecule has 4 aromatic rings. The molecule has 0 aliphatic rings. The number of nitrogens with zero attached hydrogens (tertiary/aromatic N) is 1. The molecule has 1 amide bonds. The number of aromatic amines is 1. The summed E-state index contributed by atoms with van der Waals surface area (Å²) in [7, 11) is 0. The maximum absolute atomic E-state index is 13.3. The second kappa shape index (κ2) is 10.5. The number of aryl methyl sites for hydroxylation is 3. The smallest absolute Gasteiger partial charge is 0.339 e. The van der Waals surface area contributed by atoms with Crippen LogP contribution in [0.15, 0.2) is 71.5 Å². The van der Waals surface area contributed by atoms with Crippen LogP contribution < -0.4 is 10.3 Å². The van der Waals surface area contributed by atoms with Crippen LogP contribution in [0.5, 0.6) is 5.75 Å². The number of fused-ring (bicyclic) bond motifs is 1. The number of carboxylic acids is 1. The fourth-order valence-corrected chi connectivity index (χ4v) is 4.23. The Morgan fingerprint density at radius 1 is 0.917 bits per heavy atom. The number of aromatic carboxylic acids is 1. The lowest BCUT2D eigenvalue weighted by Gasteiger charge is -2.23. The Morgan fingerprint density at radius 3 is 2.39 bits per heavy atom. The Labute approximate surface area is 209 Å². The molecule has 3 aromatic carbocycles. The minimum atomic E-state index is -1.13. The molecule has 0 atom stereocenters. The highest BCUT2D eigenvalue weighted by molar-refractivity contribution is 5.91. The van der Waals surface area contributed by atoms with Crippen molar-refractivity contribution in [3.63, 3.8) is 0 Å². The first-order valence-electron chi connectivity index (χ1n) is 11.6. The molecule has 1 heterocycles. The molecule has 36 heavy (non-hydrogen) atoms. The maximum Gasteiger partial charge on any atom is 0.339 e. The minimum absolute atomic E-state index is 0.0141. The first-order chi connectivity index (χ1) is 17.2. The molecule has 0 aliphatic heterocycles. The minimum Gasteiger partial charge on any atom is -0.483 e. The zero-order chi connectivity index (χ0) is 25.8. The van der Waals surface area contributed by atoms with E-state index in [-0.39, 0.29) is 42.5 Å². The Balaban J connectivity index is 1.63. The number of hydrogen-bond donors (Lipinski definition) is 2. The summed E-state index contributed by atoms with van der Waals surface area (Å²) < 4.78 is 5.67. The van der Waals surface area contributed by atoms with Crippen LogP contribution in [0.25, 0.3) is 10.9 Å². The van der Waals surface area contributed by atoms with E-state index in [2.05, 4.69) is 4.98 Å². The number of rotatable bonds is 8. The number of H-pyrrole nitrogens is 1. The van der Waals surface area contributed by atoms with Crippen molar-refractivity contribution in [3.8, 4) is 5.75 Å². The first-order valence-corrected chi connectivity index (χ1v) is 11.6. The van der Waals surface area contributed by atoms with Gasteiger partial charge in [-0.3, -0.25) is 9.59 Å². The molecular weight excluding hydrogens is 456 g/mol. The van der Waals surface area contributed by atoms with E-state index in [0.717, 1.165) is 33.2 Å². The van der Waals surface area contributed by atoms with Crippen LogP contribution in [-0.2, 0) is 17.9 Å². The van der Waals surface area contributed by atoms with Gasteiger partial charge in [0.25, 0.3) is 11.5 Å². The lowest BCUT2D eigenvalue weighted by atomic mass is 10.0. The average molecular weight is 485 g/mol. The molecule has 0 radical (unpaired) electrons. The van der Waals surface area contributed by atoms with Crippen LogP contribution in [0.2, 0.25) is 0 Å². The lowest BCUT2D eigenvalue weighted by molar-refractivity contribution is -0.134. The average Bonchev–Trinajstić information content (AvgIpc) is 2.83. The summed E-state index contributed by atoms with van der Waals surface area (Å²) in [5.74, 6) is -1.37. The Bertz CT molecular complexity index is 1490. The molecule has 0 saturated carbocycles. The zero-order valence-corrected chi connectivity index (χ0v) is 20.5. The Hall–Kier alpha value is -4.39. The van der Waals surface area contributed by atoms with Crippen LogP contribution in [-0.4, -0.2) is 33.5 Å². The van der Waals surface area contributed by atoms with Crippen molar-refractivity contribution >= 4 is 22.8 Å². The third-order valence-electron chi connectivity index (χ3n) is 6.04. The monoisotopic (exact) mass is 484 g/mol. The van der Waals surface area contributed by atoms with Crippen molar-refractivity contribution in [2.24, 2.45) is 0 Å². The number of amides is 1. The molecule has 2 N–H and O–H groups in total. The third-order valence-corrected chi connectivity index (χ3v) is 6.04. The molecule has 0 unspecified atom stereocenters. The quantitative estimate of drug-likeness (QED) is 0.376. The van der Waals surface area contributed by atoms with Gasteiger partial charge in [0.05, 0.1) is 6.54 Å². The number of benzene rings is 3. The normalized spacial score (nSPS) is 10.9. The van der Waals surface area contributed by atoms with Crippen molar-refractivity contribution < 1.29 is 19.4 Å². The predicted molar refractivity (Wildman–Crippen MR) is 138 cm³/mol. The predicted octanol–water partition coefficient (Wildman–Crippen LogP) is 4.76. The van der Waals surface area contributed by atoms with Crippen molar-refractivity contribution in [1.29, 1.82) is 0 Å². The van der Waals surface area contributed by atoms with E-state index < -0.39 is 5.97 Å². The number of carboxylic acid groups (broad SMARTS) is 1. The van der Waals surface area contributed by atoms with Crippen molar-refractivity contribution in [3.05, 3.63) is 110 Å². The number of carbonyl (C=O) groups is 2. The van der Waals surface area contributed by atoms with Gasteiger partial charge in [-0.2, -0.15) is 0 Å². The SMILES string of the molecule is Cc1ccc(C(=O)O)c(OCC(=O)N(Cc2ccccc2)Cc2cc3c(C)cc(C)cc3[nH]c2=O)c1. The zero-order valence-electron chi connectivity index (χ0n) is 20.5. The molecule has 7 heteroatoms. The Kier molecular flexibility index (Phi) is 7.20. The second-order valence-corrected chi connectivity index (χ2v) is 9.00. The van der Waals surface area contributed by atoms with Crippen LogP contribution >= 0.6 is 0 Å². The van der Waals surface area contributed by atoms with Crippen LogP contribution in [0.3, 0.4) is 0 Å². The van der Waals surface area contributed by atoms with E-state index in [1.807, 2.05) is 69.3 Å². The molecule has 4 rings (SSSR count). The molecule has 0 aliphatic carbocycles. The van der Waals surface area contributed by atoms with Crippen molar-refractivity contribution in [1.82, 2.24) is 9.88 Å². The highest BCUT2D eigenvalue weighted by atomic mass is 16.5. The number of hydrogen-bond acceptors (Lipinski definition) is 4. The van der Waals surface area contributed by atoms with Crippen LogP contribution in [0.1, 0.15) is 38.2 Å². The summed E-state index contributed by atoms with van der Waals surface area (Å²) in [5, 5.41) is 10.4. The molecular formula is C29H28N2O5. The summed E-state index contributed by atoms with van der Waals surface area (Å²) >= 11 is 0. The number of pyridine rings is 1. The topological polar surface area (TPSA) is 99.7 Å². The summed E-state index contributed by atoms with van der Waals surface area (Å²) in [4.78, 5) is 42.3. The number of nitrogens with one attached hydrogen (secondary N) is 1. The molecule has 184 valence electrons. The van der Waals surface area contributed by atoms with Gasteiger partial charge in [0.2, 0.25) is 0 Å². The van der Waals surface area contributed by atoms with E-state index in [9.17, 15) is 19.5 Å². The number of aromatic nitrogens is 1. The van der Waals surface area contributed by atoms with E-state index in [1.165, 1.54) is 6.07 Å². The van der Waals surface area contributed by atoms with Crippen molar-refractivity contribution in [2.45, 2.75) is 33.9 Å². The Morgan fingerprint density at radius 2 is 1.67 bits per heavy atom. The van der Waals surface area contributed by atoms with E-state index in [4.69, 9.17) is 4.74 Å². The van der Waals surface area contributed by atoms with Gasteiger partial charge in [-0.15, -0.1) is 0 Å². The van der Waals surface area contributed by atoms with Gasteiger partial charge in [0.1, 0.15) is 11.3 Å². The molecule has 1 aromatic heterocycles. The van der Waals surface area contributed by atoms with Gasteiger partial charge < -0.3 is 19.7 Å². The summed E-state index contributed by atoms with van der Waals surface area (Å²) in [6, 6.07) is 20.0. The van der Waals surface area contributed by atoms with Gasteiger partial charge in [0.15, 0.2) is 6.61 Å². The second-order valence-electron chi connectivity index (χ2n) is 9.00. The van der Waals surface area contributed by atoms with Crippen LogP contribution in [0.4, 0.5) is 0 Å². The summed E-state index contributed by atoms with van der Waals surface area (Å²) in [6.45, 7) is 5.77. The third kappa shape index (κ3) is 5.63.